The molecule has 2 saturated heterocycles. The number of morpholine rings is 1. The Hall–Kier alpha value is -2.87. The number of piperidine rings is 1. The summed E-state index contributed by atoms with van der Waals surface area (Å²) in [4.78, 5) is 36.5. The van der Waals surface area contributed by atoms with Gasteiger partial charge in [-0.1, -0.05) is 6.07 Å². The lowest BCUT2D eigenvalue weighted by molar-refractivity contribution is -0.143. The van der Waals surface area contributed by atoms with Gasteiger partial charge in [0.05, 0.1) is 24.0 Å². The zero-order valence-corrected chi connectivity index (χ0v) is 15.6. The third-order valence-electron chi connectivity index (χ3n) is 5.33. The number of halogens is 1. The first-order valence-corrected chi connectivity index (χ1v) is 9.24. The normalized spacial score (nSPS) is 19.1. The van der Waals surface area contributed by atoms with Crippen LogP contribution in [0.15, 0.2) is 36.7 Å². The predicted molar refractivity (Wildman–Crippen MR) is 99.3 cm³/mol. The highest BCUT2D eigenvalue weighted by Gasteiger charge is 2.43. The van der Waals surface area contributed by atoms with Gasteiger partial charge < -0.3 is 14.5 Å². The number of aryl methyl sites for hydroxylation is 1. The van der Waals surface area contributed by atoms with Crippen molar-refractivity contribution >= 4 is 17.5 Å². The number of amides is 2. The van der Waals surface area contributed by atoms with Gasteiger partial charge in [-0.05, 0) is 38.0 Å². The van der Waals surface area contributed by atoms with Crippen molar-refractivity contribution in [2.75, 3.05) is 31.1 Å². The molecule has 0 atom stereocenters. The molecule has 0 radical (unpaired) electrons. The summed E-state index contributed by atoms with van der Waals surface area (Å²) in [7, 11) is 0. The minimum absolute atomic E-state index is 0.0477. The molecule has 7 nitrogen and oxygen atoms in total. The van der Waals surface area contributed by atoms with Crippen molar-refractivity contribution < 1.29 is 18.7 Å². The Morgan fingerprint density at radius 2 is 2.00 bits per heavy atom. The minimum Gasteiger partial charge on any atom is -0.363 e. The monoisotopic (exact) mass is 384 g/mol. The first-order valence-electron chi connectivity index (χ1n) is 9.24. The molecule has 1 spiro atoms. The van der Waals surface area contributed by atoms with E-state index in [1.165, 1.54) is 18.3 Å². The Kier molecular flexibility index (Phi) is 4.80. The highest BCUT2D eigenvalue weighted by Crippen LogP contribution is 2.33. The number of hydrogen-bond donors (Lipinski definition) is 0. The van der Waals surface area contributed by atoms with E-state index in [1.54, 1.807) is 28.1 Å². The van der Waals surface area contributed by atoms with Crippen molar-refractivity contribution in [3.8, 4) is 0 Å². The van der Waals surface area contributed by atoms with Crippen LogP contribution in [0.4, 0.5) is 10.1 Å². The minimum atomic E-state index is -0.532. The lowest BCUT2D eigenvalue weighted by atomic mass is 9.89. The molecule has 28 heavy (non-hydrogen) atoms. The Morgan fingerprint density at radius 3 is 2.68 bits per heavy atom. The van der Waals surface area contributed by atoms with Crippen LogP contribution in [0, 0.1) is 12.7 Å². The maximum Gasteiger partial charge on any atom is 0.274 e. The highest BCUT2D eigenvalue weighted by molar-refractivity contribution is 5.95. The first-order chi connectivity index (χ1) is 13.5. The first kappa shape index (κ1) is 18.5. The van der Waals surface area contributed by atoms with Crippen molar-refractivity contribution in [1.82, 2.24) is 14.9 Å². The number of aromatic nitrogens is 2. The largest absolute Gasteiger partial charge is 0.363 e. The molecule has 2 fully saturated rings. The van der Waals surface area contributed by atoms with Gasteiger partial charge in [0.15, 0.2) is 0 Å². The number of nitrogens with zero attached hydrogens (tertiary/aromatic N) is 4. The molecule has 4 rings (SSSR count). The Bertz CT molecular complexity index is 895. The summed E-state index contributed by atoms with van der Waals surface area (Å²) in [5.74, 6) is -0.730. The molecule has 2 aliphatic rings. The van der Waals surface area contributed by atoms with Crippen LogP contribution in [-0.4, -0.2) is 58.5 Å². The number of ether oxygens (including phenoxy) is 1. The fourth-order valence-corrected chi connectivity index (χ4v) is 3.68. The lowest BCUT2D eigenvalue weighted by Gasteiger charge is -2.46. The number of benzene rings is 1. The number of hydrogen-bond acceptors (Lipinski definition) is 5. The van der Waals surface area contributed by atoms with Crippen LogP contribution in [-0.2, 0) is 9.53 Å². The number of carbonyl (C=O) groups excluding carboxylic acids is 2. The van der Waals surface area contributed by atoms with Gasteiger partial charge in [-0.2, -0.15) is 0 Å². The molecule has 2 amide bonds. The van der Waals surface area contributed by atoms with E-state index < -0.39 is 5.60 Å². The summed E-state index contributed by atoms with van der Waals surface area (Å²) in [6, 6.07) is 6.01. The second kappa shape index (κ2) is 7.27. The summed E-state index contributed by atoms with van der Waals surface area (Å²) in [5.41, 5.74) is 1.08. The van der Waals surface area contributed by atoms with Gasteiger partial charge in [-0.3, -0.25) is 14.6 Å². The zero-order valence-electron chi connectivity index (χ0n) is 15.6. The van der Waals surface area contributed by atoms with Crippen LogP contribution in [0.3, 0.4) is 0 Å². The van der Waals surface area contributed by atoms with Gasteiger partial charge in [0, 0.05) is 25.0 Å². The lowest BCUT2D eigenvalue weighted by Crippen LogP contribution is -2.59. The van der Waals surface area contributed by atoms with Crippen LogP contribution < -0.4 is 4.90 Å². The third kappa shape index (κ3) is 3.60. The molecule has 1 aromatic carbocycles. The second-order valence-electron chi connectivity index (χ2n) is 7.27. The summed E-state index contributed by atoms with van der Waals surface area (Å²) < 4.78 is 19.5. The molecule has 1 aromatic heterocycles. The van der Waals surface area contributed by atoms with Crippen LogP contribution in [0.5, 0.6) is 0 Å². The fraction of sp³-hybridized carbons (Fsp3) is 0.400. The van der Waals surface area contributed by atoms with Gasteiger partial charge in [-0.15, -0.1) is 0 Å². The zero-order chi connectivity index (χ0) is 19.7. The molecule has 3 heterocycles. The van der Waals surface area contributed by atoms with Crippen LogP contribution >= 0.6 is 0 Å². The topological polar surface area (TPSA) is 75.6 Å². The van der Waals surface area contributed by atoms with Crippen LogP contribution in [0.1, 0.15) is 29.0 Å². The smallest absolute Gasteiger partial charge is 0.274 e. The van der Waals surface area contributed by atoms with Crippen molar-refractivity contribution in [3.05, 3.63) is 53.9 Å². The van der Waals surface area contributed by atoms with Crippen molar-refractivity contribution in [2.45, 2.75) is 25.4 Å². The average molecular weight is 384 g/mol. The van der Waals surface area contributed by atoms with Crippen LogP contribution in [0.2, 0.25) is 0 Å². The Balaban J connectivity index is 1.45. The molecule has 0 saturated carbocycles. The van der Waals surface area contributed by atoms with E-state index in [-0.39, 0.29) is 24.2 Å². The Labute approximate surface area is 162 Å². The molecule has 2 aromatic rings. The van der Waals surface area contributed by atoms with Gasteiger partial charge in [0.2, 0.25) is 0 Å². The third-order valence-corrected chi connectivity index (χ3v) is 5.33. The standard InChI is InChI=1S/C20H21FN4O3/c1-14-10-23-17(11-22-14)19(27)24-7-5-20(6-8-24)13-25(18(26)12-28-20)16-4-2-3-15(21)9-16/h2-4,9-11H,5-8,12-13H2,1H3. The summed E-state index contributed by atoms with van der Waals surface area (Å²) in [5, 5.41) is 0. The number of anilines is 1. The van der Waals surface area contributed by atoms with Crippen molar-refractivity contribution in [2.24, 2.45) is 0 Å². The van der Waals surface area contributed by atoms with E-state index in [2.05, 4.69) is 9.97 Å². The number of carbonyl (C=O) groups is 2. The molecule has 0 bridgehead atoms. The SMILES string of the molecule is Cc1cnc(C(=O)N2CCC3(CC2)CN(c2cccc(F)c2)C(=O)CO3)cn1. The molecule has 0 aliphatic carbocycles. The van der Waals surface area contributed by atoms with Crippen LogP contribution in [0.25, 0.3) is 0 Å². The van der Waals surface area contributed by atoms with Gasteiger partial charge >= 0.3 is 0 Å². The molecular formula is C20H21FN4O3. The summed E-state index contributed by atoms with van der Waals surface area (Å²) in [6.45, 7) is 3.12. The van der Waals surface area contributed by atoms with Gasteiger partial charge in [0.1, 0.15) is 18.1 Å². The van der Waals surface area contributed by atoms with E-state index >= 15 is 0 Å². The molecular weight excluding hydrogens is 363 g/mol. The van der Waals surface area contributed by atoms with Gasteiger partial charge in [0.25, 0.3) is 11.8 Å². The molecule has 0 N–H and O–H groups in total. The second-order valence-corrected chi connectivity index (χ2v) is 7.27. The van der Waals surface area contributed by atoms with Crippen molar-refractivity contribution in [1.29, 1.82) is 0 Å². The van der Waals surface area contributed by atoms with E-state index in [0.29, 0.717) is 43.9 Å². The number of rotatable bonds is 2. The maximum absolute atomic E-state index is 13.6. The highest BCUT2D eigenvalue weighted by atomic mass is 19.1. The van der Waals surface area contributed by atoms with Crippen molar-refractivity contribution in [3.63, 3.8) is 0 Å². The molecule has 0 unspecified atom stereocenters. The van der Waals surface area contributed by atoms with E-state index in [9.17, 15) is 14.0 Å². The van der Waals surface area contributed by atoms with E-state index in [0.717, 1.165) is 5.69 Å². The Morgan fingerprint density at radius 1 is 1.21 bits per heavy atom. The summed E-state index contributed by atoms with van der Waals surface area (Å²) in [6.07, 6.45) is 4.25. The molecule has 2 aliphatic heterocycles. The average Bonchev–Trinajstić information content (AvgIpc) is 2.71. The van der Waals surface area contributed by atoms with E-state index in [1.807, 2.05) is 6.92 Å². The predicted octanol–water partition coefficient (Wildman–Crippen LogP) is 1.96. The summed E-state index contributed by atoms with van der Waals surface area (Å²) >= 11 is 0. The quantitative estimate of drug-likeness (QED) is 0.791. The number of likely N-dealkylation sites (tertiary alicyclic amines) is 1. The van der Waals surface area contributed by atoms with Gasteiger partial charge in [-0.25, -0.2) is 9.37 Å². The molecule has 8 heteroatoms. The van der Waals surface area contributed by atoms with E-state index in [4.69, 9.17) is 4.74 Å². The fourth-order valence-electron chi connectivity index (χ4n) is 3.68. The molecule has 146 valence electrons. The maximum atomic E-state index is 13.6.